The van der Waals surface area contributed by atoms with Crippen LogP contribution < -0.4 is 10.1 Å². The first-order chi connectivity index (χ1) is 8.29. The van der Waals surface area contributed by atoms with Crippen molar-refractivity contribution < 1.29 is 9.47 Å². The summed E-state index contributed by atoms with van der Waals surface area (Å²) >= 11 is 3.53. The van der Waals surface area contributed by atoms with Gasteiger partial charge in [-0.15, -0.1) is 0 Å². The van der Waals surface area contributed by atoms with E-state index in [4.69, 9.17) is 9.47 Å². The Morgan fingerprint density at radius 2 is 2.41 bits per heavy atom. The Labute approximate surface area is 111 Å². The molecule has 0 amide bonds. The molecule has 1 aliphatic heterocycles. The van der Waals surface area contributed by atoms with Gasteiger partial charge >= 0.3 is 0 Å². The standard InChI is InChI=1S/C13H18BrNO2/c1-15-8-10-7-11(4-5-13(10)14)17-9-12-3-2-6-16-12/h4-5,7,12,15H,2-3,6,8-9H2,1H3. The van der Waals surface area contributed by atoms with Gasteiger partial charge < -0.3 is 14.8 Å². The first kappa shape index (κ1) is 12.9. The summed E-state index contributed by atoms with van der Waals surface area (Å²) in [6.45, 7) is 2.36. The maximum absolute atomic E-state index is 5.76. The smallest absolute Gasteiger partial charge is 0.119 e. The highest BCUT2D eigenvalue weighted by atomic mass is 79.9. The molecule has 2 rings (SSSR count). The SMILES string of the molecule is CNCc1cc(OCC2CCCO2)ccc1Br. The van der Waals surface area contributed by atoms with Crippen molar-refractivity contribution in [3.05, 3.63) is 28.2 Å². The lowest BCUT2D eigenvalue weighted by Crippen LogP contribution is -2.16. The molecule has 1 heterocycles. The Bertz CT molecular complexity index is 364. The van der Waals surface area contributed by atoms with Crippen LogP contribution in [0.1, 0.15) is 18.4 Å². The Balaban J connectivity index is 1.93. The maximum Gasteiger partial charge on any atom is 0.119 e. The van der Waals surface area contributed by atoms with E-state index in [1.807, 2.05) is 19.2 Å². The molecule has 1 aliphatic rings. The molecule has 1 unspecified atom stereocenters. The van der Waals surface area contributed by atoms with Gasteiger partial charge in [0.15, 0.2) is 0 Å². The van der Waals surface area contributed by atoms with E-state index < -0.39 is 0 Å². The van der Waals surface area contributed by atoms with Crippen LogP contribution in [0.4, 0.5) is 0 Å². The lowest BCUT2D eigenvalue weighted by molar-refractivity contribution is 0.0679. The van der Waals surface area contributed by atoms with Crippen molar-refractivity contribution >= 4 is 15.9 Å². The van der Waals surface area contributed by atoms with Crippen LogP contribution in [0.3, 0.4) is 0 Å². The lowest BCUT2D eigenvalue weighted by Gasteiger charge is -2.13. The predicted molar refractivity (Wildman–Crippen MR) is 71.4 cm³/mol. The van der Waals surface area contributed by atoms with E-state index in [0.717, 1.165) is 36.2 Å². The third-order valence-corrected chi connectivity index (χ3v) is 3.62. The van der Waals surface area contributed by atoms with Crippen LogP contribution in [0.2, 0.25) is 0 Å². The van der Waals surface area contributed by atoms with Gasteiger partial charge in [0.2, 0.25) is 0 Å². The maximum atomic E-state index is 5.76. The summed E-state index contributed by atoms with van der Waals surface area (Å²) in [5.41, 5.74) is 1.21. The van der Waals surface area contributed by atoms with E-state index >= 15 is 0 Å². The zero-order valence-electron chi connectivity index (χ0n) is 10.0. The fourth-order valence-corrected chi connectivity index (χ4v) is 2.32. The quantitative estimate of drug-likeness (QED) is 0.907. The van der Waals surface area contributed by atoms with Crippen molar-refractivity contribution in [3.8, 4) is 5.75 Å². The number of rotatable bonds is 5. The molecule has 0 radical (unpaired) electrons. The van der Waals surface area contributed by atoms with Crippen molar-refractivity contribution in [2.75, 3.05) is 20.3 Å². The molecular weight excluding hydrogens is 282 g/mol. The molecular formula is C13H18BrNO2. The van der Waals surface area contributed by atoms with Crippen LogP contribution >= 0.6 is 15.9 Å². The van der Waals surface area contributed by atoms with Crippen LogP contribution in [-0.4, -0.2) is 26.4 Å². The fraction of sp³-hybridized carbons (Fsp3) is 0.538. The van der Waals surface area contributed by atoms with Crippen LogP contribution in [-0.2, 0) is 11.3 Å². The largest absolute Gasteiger partial charge is 0.491 e. The Kier molecular flexibility index (Phi) is 4.83. The second-order valence-corrected chi connectivity index (χ2v) is 5.08. The van der Waals surface area contributed by atoms with Gasteiger partial charge in [0.05, 0.1) is 6.10 Å². The molecule has 1 aromatic carbocycles. The minimum atomic E-state index is 0.270. The third-order valence-electron chi connectivity index (χ3n) is 2.84. The molecule has 17 heavy (non-hydrogen) atoms. The number of hydrogen-bond acceptors (Lipinski definition) is 3. The highest BCUT2D eigenvalue weighted by Gasteiger charge is 2.16. The van der Waals surface area contributed by atoms with Crippen molar-refractivity contribution in [3.63, 3.8) is 0 Å². The normalized spacial score (nSPS) is 19.5. The van der Waals surface area contributed by atoms with Gasteiger partial charge in [-0.05, 0) is 43.7 Å². The molecule has 3 nitrogen and oxygen atoms in total. The van der Waals surface area contributed by atoms with E-state index in [1.54, 1.807) is 0 Å². The van der Waals surface area contributed by atoms with Crippen LogP contribution in [0.5, 0.6) is 5.75 Å². The molecule has 1 N–H and O–H groups in total. The summed E-state index contributed by atoms with van der Waals surface area (Å²) in [4.78, 5) is 0. The van der Waals surface area contributed by atoms with Crippen LogP contribution in [0.15, 0.2) is 22.7 Å². The second kappa shape index (κ2) is 6.38. The highest BCUT2D eigenvalue weighted by molar-refractivity contribution is 9.10. The molecule has 1 aromatic rings. The molecule has 0 aliphatic carbocycles. The molecule has 1 fully saturated rings. The Hall–Kier alpha value is -0.580. The lowest BCUT2D eigenvalue weighted by atomic mass is 10.2. The summed E-state index contributed by atoms with van der Waals surface area (Å²) in [6, 6.07) is 6.07. The molecule has 0 bridgehead atoms. The number of hydrogen-bond donors (Lipinski definition) is 1. The summed E-state index contributed by atoms with van der Waals surface area (Å²) in [7, 11) is 1.94. The predicted octanol–water partition coefficient (Wildman–Crippen LogP) is 2.73. The van der Waals surface area contributed by atoms with E-state index in [2.05, 4.69) is 27.3 Å². The molecule has 0 spiro atoms. The fourth-order valence-electron chi connectivity index (χ4n) is 1.93. The molecule has 0 aromatic heterocycles. The zero-order valence-corrected chi connectivity index (χ0v) is 11.6. The van der Waals surface area contributed by atoms with Gasteiger partial charge in [0, 0.05) is 17.6 Å². The topological polar surface area (TPSA) is 30.5 Å². The van der Waals surface area contributed by atoms with Crippen LogP contribution in [0.25, 0.3) is 0 Å². The third kappa shape index (κ3) is 3.69. The minimum absolute atomic E-state index is 0.270. The Morgan fingerprint density at radius 1 is 1.53 bits per heavy atom. The van der Waals surface area contributed by atoms with Crippen molar-refractivity contribution in [2.24, 2.45) is 0 Å². The van der Waals surface area contributed by atoms with Gasteiger partial charge in [0.25, 0.3) is 0 Å². The average molecular weight is 300 g/mol. The number of ether oxygens (including phenoxy) is 2. The van der Waals surface area contributed by atoms with Crippen molar-refractivity contribution in [1.82, 2.24) is 5.32 Å². The van der Waals surface area contributed by atoms with Gasteiger partial charge in [-0.2, -0.15) is 0 Å². The molecule has 1 atom stereocenters. The van der Waals surface area contributed by atoms with E-state index in [-0.39, 0.29) is 6.10 Å². The molecule has 94 valence electrons. The monoisotopic (exact) mass is 299 g/mol. The van der Waals surface area contributed by atoms with Crippen molar-refractivity contribution in [2.45, 2.75) is 25.5 Å². The van der Waals surface area contributed by atoms with Gasteiger partial charge in [-0.3, -0.25) is 0 Å². The first-order valence-corrected chi connectivity index (χ1v) is 6.76. The second-order valence-electron chi connectivity index (χ2n) is 4.23. The van der Waals surface area contributed by atoms with E-state index in [0.29, 0.717) is 6.61 Å². The minimum Gasteiger partial charge on any atom is -0.491 e. The highest BCUT2D eigenvalue weighted by Crippen LogP contribution is 2.23. The average Bonchev–Trinajstić information content (AvgIpc) is 2.83. The summed E-state index contributed by atoms with van der Waals surface area (Å²) in [5.74, 6) is 0.911. The first-order valence-electron chi connectivity index (χ1n) is 5.97. The summed E-state index contributed by atoms with van der Waals surface area (Å²) in [6.07, 6.45) is 2.53. The number of nitrogens with one attached hydrogen (secondary N) is 1. The number of halogens is 1. The number of benzene rings is 1. The summed E-state index contributed by atoms with van der Waals surface area (Å²) in [5, 5.41) is 3.14. The zero-order chi connectivity index (χ0) is 12.1. The summed E-state index contributed by atoms with van der Waals surface area (Å²) < 4.78 is 12.4. The van der Waals surface area contributed by atoms with Gasteiger partial charge in [0.1, 0.15) is 12.4 Å². The van der Waals surface area contributed by atoms with Crippen molar-refractivity contribution in [1.29, 1.82) is 0 Å². The van der Waals surface area contributed by atoms with E-state index in [9.17, 15) is 0 Å². The van der Waals surface area contributed by atoms with E-state index in [1.165, 1.54) is 5.56 Å². The van der Waals surface area contributed by atoms with Gasteiger partial charge in [-0.1, -0.05) is 15.9 Å². The van der Waals surface area contributed by atoms with Gasteiger partial charge in [-0.25, -0.2) is 0 Å². The molecule has 4 heteroatoms. The molecule has 1 saturated heterocycles. The molecule has 0 saturated carbocycles. The Morgan fingerprint density at radius 3 is 3.12 bits per heavy atom. The van der Waals surface area contributed by atoms with Crippen LogP contribution in [0, 0.1) is 0 Å².